The highest BCUT2D eigenvalue weighted by molar-refractivity contribution is 5.79. The quantitative estimate of drug-likeness (QED) is 0.906. The molecule has 0 unspecified atom stereocenters. The highest BCUT2D eigenvalue weighted by Crippen LogP contribution is 2.26. The molecule has 1 N–H and O–H groups in total. The number of nitrogens with zero attached hydrogens (tertiary/aromatic N) is 1. The summed E-state index contributed by atoms with van der Waals surface area (Å²) < 4.78 is 6.68. The summed E-state index contributed by atoms with van der Waals surface area (Å²) in [5, 5.41) is 2.87. The van der Waals surface area contributed by atoms with E-state index in [2.05, 4.69) is 5.32 Å². The smallest absolute Gasteiger partial charge is 0.408 e. The molecule has 0 saturated heterocycles. The van der Waals surface area contributed by atoms with Crippen LogP contribution in [0.5, 0.6) is 0 Å². The number of para-hydroxylation sites is 2. The SMILES string of the molecule is O=C(NCCn1c(=O)oc2ccccc21)C1CCC1. The number of fused-ring (bicyclic) bond motifs is 1. The van der Waals surface area contributed by atoms with Gasteiger partial charge in [0.15, 0.2) is 5.58 Å². The summed E-state index contributed by atoms with van der Waals surface area (Å²) in [4.78, 5) is 23.4. The zero-order valence-electron chi connectivity index (χ0n) is 10.6. The Balaban J connectivity index is 1.66. The number of aromatic nitrogens is 1. The number of oxazole rings is 1. The fourth-order valence-electron chi connectivity index (χ4n) is 2.33. The Morgan fingerprint density at radius 1 is 1.37 bits per heavy atom. The lowest BCUT2D eigenvalue weighted by atomic mass is 9.85. The predicted molar refractivity (Wildman–Crippen MR) is 70.8 cm³/mol. The Morgan fingerprint density at radius 3 is 2.89 bits per heavy atom. The highest BCUT2D eigenvalue weighted by atomic mass is 16.4. The zero-order chi connectivity index (χ0) is 13.2. The molecule has 0 aliphatic heterocycles. The van der Waals surface area contributed by atoms with Gasteiger partial charge < -0.3 is 9.73 Å². The molecule has 0 bridgehead atoms. The zero-order valence-corrected chi connectivity index (χ0v) is 10.6. The molecule has 100 valence electrons. The standard InChI is InChI=1S/C14H16N2O3/c17-13(10-4-3-5-10)15-8-9-16-11-6-1-2-7-12(11)19-14(16)18/h1-2,6-7,10H,3-5,8-9H2,(H,15,17). The molecule has 0 radical (unpaired) electrons. The van der Waals surface area contributed by atoms with Crippen LogP contribution < -0.4 is 11.1 Å². The van der Waals surface area contributed by atoms with E-state index in [0.29, 0.717) is 18.7 Å². The maximum Gasteiger partial charge on any atom is 0.420 e. The summed E-state index contributed by atoms with van der Waals surface area (Å²) >= 11 is 0. The van der Waals surface area contributed by atoms with Gasteiger partial charge in [-0.05, 0) is 25.0 Å². The molecule has 5 heteroatoms. The first-order chi connectivity index (χ1) is 9.25. The third-order valence-corrected chi connectivity index (χ3v) is 3.68. The van der Waals surface area contributed by atoms with E-state index < -0.39 is 0 Å². The normalized spacial score (nSPS) is 15.4. The summed E-state index contributed by atoms with van der Waals surface area (Å²) in [6, 6.07) is 7.29. The number of carbonyl (C=O) groups excluding carboxylic acids is 1. The van der Waals surface area contributed by atoms with E-state index in [0.717, 1.165) is 24.8 Å². The maximum absolute atomic E-state index is 11.7. The van der Waals surface area contributed by atoms with E-state index in [1.807, 2.05) is 18.2 Å². The van der Waals surface area contributed by atoms with Crippen molar-refractivity contribution < 1.29 is 9.21 Å². The second-order valence-electron chi connectivity index (χ2n) is 4.91. The van der Waals surface area contributed by atoms with Gasteiger partial charge in [0.05, 0.1) is 5.52 Å². The van der Waals surface area contributed by atoms with Crippen LogP contribution in [0.4, 0.5) is 0 Å². The topological polar surface area (TPSA) is 64.2 Å². The van der Waals surface area contributed by atoms with E-state index in [1.165, 1.54) is 0 Å². The minimum absolute atomic E-state index is 0.104. The molecule has 19 heavy (non-hydrogen) atoms. The first-order valence-corrected chi connectivity index (χ1v) is 6.62. The molecule has 1 aliphatic carbocycles. The van der Waals surface area contributed by atoms with Gasteiger partial charge in [-0.3, -0.25) is 9.36 Å². The first kappa shape index (κ1) is 12.0. The summed E-state index contributed by atoms with van der Waals surface area (Å²) in [6.45, 7) is 0.896. The van der Waals surface area contributed by atoms with Crippen LogP contribution in [-0.4, -0.2) is 17.0 Å². The fraction of sp³-hybridized carbons (Fsp3) is 0.429. The van der Waals surface area contributed by atoms with Crippen molar-refractivity contribution in [3.8, 4) is 0 Å². The van der Waals surface area contributed by atoms with E-state index in [1.54, 1.807) is 10.6 Å². The number of hydrogen-bond acceptors (Lipinski definition) is 3. The molecule has 1 aliphatic rings. The molecular weight excluding hydrogens is 244 g/mol. The van der Waals surface area contributed by atoms with Crippen LogP contribution in [0.2, 0.25) is 0 Å². The minimum atomic E-state index is -0.376. The molecular formula is C14H16N2O3. The van der Waals surface area contributed by atoms with Crippen LogP contribution in [0.1, 0.15) is 19.3 Å². The van der Waals surface area contributed by atoms with E-state index >= 15 is 0 Å². The molecule has 0 atom stereocenters. The van der Waals surface area contributed by atoms with Gasteiger partial charge in [0, 0.05) is 19.0 Å². The monoisotopic (exact) mass is 260 g/mol. The van der Waals surface area contributed by atoms with Crippen LogP contribution in [0, 0.1) is 5.92 Å². The Bertz CT molecular complexity index is 652. The van der Waals surface area contributed by atoms with Gasteiger partial charge in [-0.1, -0.05) is 18.6 Å². The van der Waals surface area contributed by atoms with Gasteiger partial charge in [0.1, 0.15) is 0 Å². The van der Waals surface area contributed by atoms with Gasteiger partial charge >= 0.3 is 5.76 Å². The lowest BCUT2D eigenvalue weighted by molar-refractivity contribution is -0.127. The summed E-state index contributed by atoms with van der Waals surface area (Å²) in [5.74, 6) is -0.0935. The third kappa shape index (κ3) is 2.28. The first-order valence-electron chi connectivity index (χ1n) is 6.62. The van der Waals surface area contributed by atoms with Crippen molar-refractivity contribution in [2.75, 3.05) is 6.54 Å². The molecule has 1 aromatic heterocycles. The Hall–Kier alpha value is -2.04. The van der Waals surface area contributed by atoms with Crippen molar-refractivity contribution in [1.29, 1.82) is 0 Å². The average Bonchev–Trinajstić information content (AvgIpc) is 2.64. The van der Waals surface area contributed by atoms with Gasteiger partial charge in [-0.2, -0.15) is 0 Å². The van der Waals surface area contributed by atoms with Crippen molar-refractivity contribution >= 4 is 17.0 Å². The highest BCUT2D eigenvalue weighted by Gasteiger charge is 2.24. The van der Waals surface area contributed by atoms with Gasteiger partial charge in [0.2, 0.25) is 5.91 Å². The molecule has 1 aromatic carbocycles. The predicted octanol–water partition coefficient (Wildman–Crippen LogP) is 1.51. The maximum atomic E-state index is 11.7. The summed E-state index contributed by atoms with van der Waals surface area (Å²) in [5.41, 5.74) is 1.35. The lowest BCUT2D eigenvalue weighted by Gasteiger charge is -2.23. The van der Waals surface area contributed by atoms with Crippen molar-refractivity contribution in [3.63, 3.8) is 0 Å². The van der Waals surface area contributed by atoms with Crippen LogP contribution in [0.3, 0.4) is 0 Å². The molecule has 1 heterocycles. The van der Waals surface area contributed by atoms with Gasteiger partial charge in [-0.25, -0.2) is 4.79 Å². The molecule has 1 fully saturated rings. The molecule has 5 nitrogen and oxygen atoms in total. The van der Waals surface area contributed by atoms with E-state index in [9.17, 15) is 9.59 Å². The second kappa shape index (κ2) is 4.91. The minimum Gasteiger partial charge on any atom is -0.408 e. The summed E-state index contributed by atoms with van der Waals surface area (Å²) in [7, 11) is 0. The van der Waals surface area contributed by atoms with Crippen LogP contribution >= 0.6 is 0 Å². The van der Waals surface area contributed by atoms with Crippen LogP contribution in [0.15, 0.2) is 33.5 Å². The number of nitrogens with one attached hydrogen (secondary N) is 1. The lowest BCUT2D eigenvalue weighted by Crippen LogP contribution is -2.36. The second-order valence-corrected chi connectivity index (χ2v) is 4.91. The third-order valence-electron chi connectivity index (χ3n) is 3.68. The Labute approximate surface area is 110 Å². The number of carbonyl (C=O) groups is 1. The molecule has 1 saturated carbocycles. The van der Waals surface area contributed by atoms with E-state index in [-0.39, 0.29) is 17.6 Å². The Kier molecular flexibility index (Phi) is 3.11. The van der Waals surface area contributed by atoms with Crippen molar-refractivity contribution in [2.45, 2.75) is 25.8 Å². The molecule has 3 rings (SSSR count). The number of benzene rings is 1. The summed E-state index contributed by atoms with van der Waals surface area (Å²) in [6.07, 6.45) is 3.12. The van der Waals surface area contributed by atoms with Crippen molar-refractivity contribution in [3.05, 3.63) is 34.8 Å². The molecule has 2 aromatic rings. The number of hydrogen-bond donors (Lipinski definition) is 1. The van der Waals surface area contributed by atoms with Crippen LogP contribution in [-0.2, 0) is 11.3 Å². The van der Waals surface area contributed by atoms with Crippen LogP contribution in [0.25, 0.3) is 11.1 Å². The number of amides is 1. The van der Waals surface area contributed by atoms with Crippen molar-refractivity contribution in [2.24, 2.45) is 5.92 Å². The largest absolute Gasteiger partial charge is 0.420 e. The Morgan fingerprint density at radius 2 is 2.16 bits per heavy atom. The van der Waals surface area contributed by atoms with E-state index in [4.69, 9.17) is 4.42 Å². The fourth-order valence-corrected chi connectivity index (χ4v) is 2.33. The molecule has 1 amide bonds. The number of rotatable bonds is 4. The van der Waals surface area contributed by atoms with Gasteiger partial charge in [-0.15, -0.1) is 0 Å². The van der Waals surface area contributed by atoms with Crippen molar-refractivity contribution in [1.82, 2.24) is 9.88 Å². The average molecular weight is 260 g/mol. The molecule has 0 spiro atoms. The van der Waals surface area contributed by atoms with Gasteiger partial charge in [0.25, 0.3) is 0 Å².